The first-order chi connectivity index (χ1) is 29.2. The number of aromatic nitrogens is 2. The summed E-state index contributed by atoms with van der Waals surface area (Å²) in [6.45, 7) is 0. The molecule has 0 saturated carbocycles. The van der Waals surface area contributed by atoms with Crippen LogP contribution < -0.4 is 0 Å². The molecule has 0 saturated heterocycles. The van der Waals surface area contributed by atoms with Gasteiger partial charge in [0, 0.05) is 57.1 Å². The fourth-order valence-corrected chi connectivity index (χ4v) is 9.22. The van der Waals surface area contributed by atoms with Gasteiger partial charge >= 0.3 is 0 Å². The second-order valence-corrected chi connectivity index (χ2v) is 15.5. The molecule has 1 aliphatic heterocycles. The zero-order chi connectivity index (χ0) is 39.3. The van der Waals surface area contributed by atoms with Crippen LogP contribution in [0.15, 0.2) is 205 Å². The molecule has 282 valence electrons. The normalized spacial score (nSPS) is 16.4. The second-order valence-electron chi connectivity index (χ2n) is 15.5. The van der Waals surface area contributed by atoms with Crippen LogP contribution in [0.2, 0.25) is 0 Å². The van der Waals surface area contributed by atoms with Crippen LogP contribution in [0.4, 0.5) is 0 Å². The molecule has 0 fully saturated rings. The highest BCUT2D eigenvalue weighted by atomic mass is 15.2. The molecule has 11 rings (SSSR count). The maximum atomic E-state index is 5.44. The number of aliphatic imine (C=N–C) groups is 1. The summed E-state index contributed by atoms with van der Waals surface area (Å²) in [7, 11) is 2.15. The summed E-state index contributed by atoms with van der Waals surface area (Å²) in [5.74, 6) is 0. The molecule has 4 heteroatoms. The predicted octanol–water partition coefficient (Wildman–Crippen LogP) is 13.4. The minimum atomic E-state index is -0.153. The van der Waals surface area contributed by atoms with E-state index in [2.05, 4.69) is 227 Å². The lowest BCUT2D eigenvalue weighted by molar-refractivity contribution is 0.364. The third-order valence-electron chi connectivity index (χ3n) is 12.0. The topological polar surface area (TPSA) is 25.5 Å². The molecule has 3 heterocycles. The monoisotopic (exact) mass is 758 g/mol. The van der Waals surface area contributed by atoms with Gasteiger partial charge in [-0.15, -0.1) is 0 Å². The Morgan fingerprint density at radius 1 is 0.508 bits per heavy atom. The van der Waals surface area contributed by atoms with E-state index in [4.69, 9.17) is 4.99 Å². The third-order valence-corrected chi connectivity index (χ3v) is 12.0. The highest BCUT2D eigenvalue weighted by molar-refractivity contribution is 6.13. The van der Waals surface area contributed by atoms with Crippen molar-refractivity contribution in [1.29, 1.82) is 0 Å². The minimum absolute atomic E-state index is 0.153. The second kappa shape index (κ2) is 14.5. The first-order valence-electron chi connectivity index (χ1n) is 20.5. The average Bonchev–Trinajstić information content (AvgIpc) is 3.78. The summed E-state index contributed by atoms with van der Waals surface area (Å²) in [6, 6.07) is 63.7. The van der Waals surface area contributed by atoms with Crippen LogP contribution >= 0.6 is 0 Å². The summed E-state index contributed by atoms with van der Waals surface area (Å²) in [6.07, 6.45) is 12.9. The summed E-state index contributed by atoms with van der Waals surface area (Å²) in [5.41, 5.74) is 16.5. The van der Waals surface area contributed by atoms with Crippen molar-refractivity contribution < 1.29 is 0 Å². The zero-order valence-electron chi connectivity index (χ0n) is 32.9. The van der Waals surface area contributed by atoms with Gasteiger partial charge in [0.2, 0.25) is 0 Å². The van der Waals surface area contributed by atoms with Crippen molar-refractivity contribution in [3.05, 3.63) is 228 Å². The lowest BCUT2D eigenvalue weighted by Gasteiger charge is -2.34. The van der Waals surface area contributed by atoms with Gasteiger partial charge in [-0.25, -0.2) is 0 Å². The van der Waals surface area contributed by atoms with Gasteiger partial charge in [0.05, 0.1) is 22.3 Å². The molecular weight excluding hydrogens is 717 g/mol. The fraction of sp³-hybridized carbons (Fsp3) is 0.0727. The molecule has 0 radical (unpaired) electrons. The van der Waals surface area contributed by atoms with E-state index in [1.54, 1.807) is 0 Å². The van der Waals surface area contributed by atoms with Crippen molar-refractivity contribution in [3.63, 3.8) is 0 Å². The Kier molecular flexibility index (Phi) is 8.55. The van der Waals surface area contributed by atoms with Gasteiger partial charge < -0.3 is 14.0 Å². The molecule has 2 aliphatic rings. The van der Waals surface area contributed by atoms with Crippen molar-refractivity contribution in [1.82, 2.24) is 14.0 Å². The van der Waals surface area contributed by atoms with E-state index in [0.717, 1.165) is 46.8 Å². The number of fused-ring (bicyclic) bond motifs is 6. The fourth-order valence-electron chi connectivity index (χ4n) is 9.22. The number of benzene rings is 7. The van der Waals surface area contributed by atoms with Gasteiger partial charge in [0.25, 0.3) is 0 Å². The van der Waals surface area contributed by atoms with Crippen molar-refractivity contribution >= 4 is 50.2 Å². The van der Waals surface area contributed by atoms with E-state index >= 15 is 0 Å². The Morgan fingerprint density at radius 3 is 1.95 bits per heavy atom. The Hall–Kier alpha value is -7.43. The maximum absolute atomic E-state index is 5.44. The first-order valence-corrected chi connectivity index (χ1v) is 20.5. The SMILES string of the molecule is CN1C(c2ccccc2)=CC(c2cccc(-n3c4c(c5ccc(-c6ccc7c8ccccc8n(-c8ccccc8)c7c6)cc53)/C=C\C=C\CC4)c2)=NC1c1ccccc1. The molecule has 1 aliphatic carbocycles. The highest BCUT2D eigenvalue weighted by Gasteiger charge is 2.26. The van der Waals surface area contributed by atoms with Crippen LogP contribution in [-0.4, -0.2) is 26.8 Å². The summed E-state index contributed by atoms with van der Waals surface area (Å²) in [4.78, 5) is 7.73. The first kappa shape index (κ1) is 34.8. The van der Waals surface area contributed by atoms with Gasteiger partial charge in [-0.2, -0.15) is 0 Å². The Morgan fingerprint density at radius 2 is 1.15 bits per heavy atom. The van der Waals surface area contributed by atoms with Crippen LogP contribution in [-0.2, 0) is 6.42 Å². The molecule has 1 unspecified atom stereocenters. The van der Waals surface area contributed by atoms with Gasteiger partial charge in [-0.05, 0) is 83.6 Å². The molecule has 0 amide bonds. The summed E-state index contributed by atoms with van der Waals surface area (Å²) >= 11 is 0. The van der Waals surface area contributed by atoms with Crippen molar-refractivity contribution in [2.24, 2.45) is 4.99 Å². The minimum Gasteiger partial charge on any atom is -0.349 e. The number of para-hydroxylation sites is 2. The Labute approximate surface area is 344 Å². The molecule has 0 spiro atoms. The van der Waals surface area contributed by atoms with E-state index in [0.29, 0.717) is 0 Å². The van der Waals surface area contributed by atoms with Crippen molar-refractivity contribution in [2.75, 3.05) is 7.05 Å². The predicted molar refractivity (Wildman–Crippen MR) is 247 cm³/mol. The van der Waals surface area contributed by atoms with Crippen LogP contribution in [0.25, 0.3) is 67.0 Å². The molecule has 0 bridgehead atoms. The average molecular weight is 759 g/mol. The third kappa shape index (κ3) is 6.04. The zero-order valence-corrected chi connectivity index (χ0v) is 32.9. The van der Waals surface area contributed by atoms with E-state index in [9.17, 15) is 0 Å². The van der Waals surface area contributed by atoms with Crippen LogP contribution in [0.1, 0.15) is 40.5 Å². The van der Waals surface area contributed by atoms with Crippen molar-refractivity contribution in [3.8, 4) is 22.5 Å². The largest absolute Gasteiger partial charge is 0.349 e. The van der Waals surface area contributed by atoms with Gasteiger partial charge in [-0.3, -0.25) is 4.99 Å². The number of hydrogen-bond donors (Lipinski definition) is 0. The van der Waals surface area contributed by atoms with Gasteiger partial charge in [0.15, 0.2) is 0 Å². The number of hydrogen-bond acceptors (Lipinski definition) is 2. The van der Waals surface area contributed by atoms with Gasteiger partial charge in [0.1, 0.15) is 6.17 Å². The van der Waals surface area contributed by atoms with Gasteiger partial charge in [-0.1, -0.05) is 158 Å². The lowest BCUT2D eigenvalue weighted by atomic mass is 10.00. The molecule has 7 aromatic carbocycles. The van der Waals surface area contributed by atoms with Crippen LogP contribution in [0.3, 0.4) is 0 Å². The van der Waals surface area contributed by atoms with Crippen LogP contribution in [0, 0.1) is 0 Å². The summed E-state index contributed by atoms with van der Waals surface area (Å²) < 4.78 is 4.91. The van der Waals surface area contributed by atoms with E-state index in [1.165, 1.54) is 60.7 Å². The molecular formula is C55H42N4. The quantitative estimate of drug-likeness (QED) is 0.166. The summed E-state index contributed by atoms with van der Waals surface area (Å²) in [5, 5.41) is 3.77. The Balaban J connectivity index is 1.08. The van der Waals surface area contributed by atoms with Crippen molar-refractivity contribution in [2.45, 2.75) is 19.0 Å². The van der Waals surface area contributed by atoms with E-state index in [1.807, 2.05) is 0 Å². The lowest BCUT2D eigenvalue weighted by Crippen LogP contribution is -2.27. The smallest absolute Gasteiger partial charge is 0.147 e. The molecule has 4 nitrogen and oxygen atoms in total. The van der Waals surface area contributed by atoms with E-state index in [-0.39, 0.29) is 6.17 Å². The molecule has 59 heavy (non-hydrogen) atoms. The number of allylic oxidation sites excluding steroid dienone is 4. The molecule has 2 aromatic heterocycles. The standard InChI is InChI=1S/C55H42N4/c1-57-52(38-18-7-4-8-19-38)37-49(56-55(57)39-20-9-5-10-21-39)42-22-17-25-44(34-42)59-51-28-14-3-2-13-26-45(51)48-33-31-41(36-54(48)59)40-30-32-47-46-27-15-16-29-50(46)58(53(47)35-40)43-23-11-6-12-24-43/h2-13,15-27,29-37,55H,14,28H2,1H3/b3-2+,26-13-. The molecule has 9 aromatic rings. The maximum Gasteiger partial charge on any atom is 0.147 e. The molecule has 1 atom stereocenters. The highest BCUT2D eigenvalue weighted by Crippen LogP contribution is 2.39. The van der Waals surface area contributed by atoms with Crippen LogP contribution in [0.5, 0.6) is 0 Å². The number of nitrogens with zero attached hydrogens (tertiary/aromatic N) is 4. The molecule has 0 N–H and O–H groups in total. The Bertz CT molecular complexity index is 3160. The van der Waals surface area contributed by atoms with E-state index < -0.39 is 0 Å². The number of rotatable bonds is 6.